The molecule has 0 aliphatic rings. The summed E-state index contributed by atoms with van der Waals surface area (Å²) >= 11 is 5.90. The molecule has 0 atom stereocenters. The molecule has 2 amide bonds. The fraction of sp³-hybridized carbons (Fsp3) is 0.0714. The lowest BCUT2D eigenvalue weighted by molar-refractivity contribution is -0.137. The molecular formula is C14H11ClF3N3O. The molecule has 0 unspecified atom stereocenters. The van der Waals surface area contributed by atoms with Crippen LogP contribution in [0.2, 0.25) is 5.02 Å². The fourth-order valence-corrected chi connectivity index (χ4v) is 1.90. The quantitative estimate of drug-likeness (QED) is 0.706. The Morgan fingerprint density at radius 3 is 2.23 bits per heavy atom. The van der Waals surface area contributed by atoms with E-state index in [1.807, 2.05) is 0 Å². The van der Waals surface area contributed by atoms with E-state index < -0.39 is 17.8 Å². The number of hydrogen-bond donors (Lipinski definition) is 3. The van der Waals surface area contributed by atoms with Gasteiger partial charge in [0.15, 0.2) is 0 Å². The summed E-state index contributed by atoms with van der Waals surface area (Å²) in [6, 6.07) is 7.99. The van der Waals surface area contributed by atoms with E-state index in [1.54, 1.807) is 6.07 Å². The maximum atomic E-state index is 12.4. The van der Waals surface area contributed by atoms with Crippen LogP contribution in [0.4, 0.5) is 35.0 Å². The first-order valence-corrected chi connectivity index (χ1v) is 6.44. The number of nitrogens with one attached hydrogen (secondary N) is 2. The van der Waals surface area contributed by atoms with Crippen molar-refractivity contribution < 1.29 is 18.0 Å². The normalized spacial score (nSPS) is 11.1. The molecule has 4 nitrogen and oxygen atoms in total. The van der Waals surface area contributed by atoms with Crippen molar-refractivity contribution in [1.29, 1.82) is 0 Å². The number of rotatable bonds is 2. The molecule has 0 radical (unpaired) electrons. The van der Waals surface area contributed by atoms with Crippen LogP contribution in [0.25, 0.3) is 0 Å². The van der Waals surface area contributed by atoms with E-state index in [0.717, 1.165) is 24.3 Å². The van der Waals surface area contributed by atoms with Gasteiger partial charge in [-0.15, -0.1) is 0 Å². The molecule has 0 aromatic heterocycles. The molecular weight excluding hydrogens is 319 g/mol. The Morgan fingerprint density at radius 2 is 1.68 bits per heavy atom. The minimum absolute atomic E-state index is 0.220. The van der Waals surface area contributed by atoms with E-state index in [2.05, 4.69) is 10.6 Å². The predicted octanol–water partition coefficient (Wildman–Crippen LogP) is 4.59. The summed E-state index contributed by atoms with van der Waals surface area (Å²) < 4.78 is 37.3. The number of carbonyl (C=O) groups is 1. The highest BCUT2D eigenvalue weighted by Gasteiger charge is 2.29. The van der Waals surface area contributed by atoms with Crippen molar-refractivity contribution in [2.24, 2.45) is 0 Å². The molecule has 0 bridgehead atoms. The molecule has 0 heterocycles. The van der Waals surface area contributed by atoms with Gasteiger partial charge in [-0.2, -0.15) is 13.2 Å². The summed E-state index contributed by atoms with van der Waals surface area (Å²) in [6.45, 7) is 0. The third-order valence-electron chi connectivity index (χ3n) is 2.71. The number of anilines is 3. The van der Waals surface area contributed by atoms with E-state index in [1.165, 1.54) is 12.1 Å². The van der Waals surface area contributed by atoms with Gasteiger partial charge >= 0.3 is 12.2 Å². The minimum Gasteiger partial charge on any atom is -0.399 e. The summed E-state index contributed by atoms with van der Waals surface area (Å²) in [6.07, 6.45) is -4.42. The first-order valence-electron chi connectivity index (χ1n) is 6.06. The first kappa shape index (κ1) is 16.0. The summed E-state index contributed by atoms with van der Waals surface area (Å²) in [5.41, 5.74) is 5.73. The van der Waals surface area contributed by atoms with E-state index in [9.17, 15) is 18.0 Å². The molecule has 0 aliphatic carbocycles. The van der Waals surface area contributed by atoms with Gasteiger partial charge in [0, 0.05) is 11.4 Å². The lowest BCUT2D eigenvalue weighted by Crippen LogP contribution is -2.19. The van der Waals surface area contributed by atoms with Crippen molar-refractivity contribution in [3.63, 3.8) is 0 Å². The number of amides is 2. The largest absolute Gasteiger partial charge is 0.416 e. The van der Waals surface area contributed by atoms with Crippen molar-refractivity contribution in [1.82, 2.24) is 0 Å². The average Bonchev–Trinajstić information content (AvgIpc) is 2.41. The summed E-state index contributed by atoms with van der Waals surface area (Å²) in [4.78, 5) is 11.8. The zero-order valence-electron chi connectivity index (χ0n) is 11.0. The van der Waals surface area contributed by atoms with Gasteiger partial charge in [-0.25, -0.2) is 4.79 Å². The van der Waals surface area contributed by atoms with Crippen LogP contribution in [0.5, 0.6) is 0 Å². The molecule has 2 aromatic rings. The topological polar surface area (TPSA) is 67.1 Å². The number of hydrogen-bond acceptors (Lipinski definition) is 2. The number of nitrogens with two attached hydrogens (primary N) is 1. The van der Waals surface area contributed by atoms with Crippen LogP contribution in [0, 0.1) is 0 Å². The second-order valence-corrected chi connectivity index (χ2v) is 4.80. The molecule has 8 heteroatoms. The van der Waals surface area contributed by atoms with Gasteiger partial charge < -0.3 is 16.4 Å². The van der Waals surface area contributed by atoms with Gasteiger partial charge in [-0.1, -0.05) is 11.6 Å². The molecule has 0 spiro atoms. The maximum Gasteiger partial charge on any atom is 0.416 e. The van der Waals surface area contributed by atoms with Crippen molar-refractivity contribution in [3.05, 3.63) is 53.1 Å². The zero-order chi connectivity index (χ0) is 16.3. The average molecular weight is 330 g/mol. The van der Waals surface area contributed by atoms with Gasteiger partial charge in [0.2, 0.25) is 0 Å². The highest BCUT2D eigenvalue weighted by molar-refractivity contribution is 6.34. The SMILES string of the molecule is Nc1ccc(NC(=O)Nc2ccc(C(F)(F)F)cc2)c(Cl)c1. The Morgan fingerprint density at radius 1 is 1.05 bits per heavy atom. The third kappa shape index (κ3) is 4.05. The highest BCUT2D eigenvalue weighted by Crippen LogP contribution is 2.30. The van der Waals surface area contributed by atoms with Gasteiger partial charge in [-0.05, 0) is 42.5 Å². The smallest absolute Gasteiger partial charge is 0.399 e. The number of nitrogen functional groups attached to an aromatic ring is 1. The van der Waals surface area contributed by atoms with E-state index in [4.69, 9.17) is 17.3 Å². The molecule has 0 fully saturated rings. The second-order valence-electron chi connectivity index (χ2n) is 4.39. The molecule has 22 heavy (non-hydrogen) atoms. The Kier molecular flexibility index (Phi) is 4.46. The molecule has 0 aliphatic heterocycles. The fourth-order valence-electron chi connectivity index (χ4n) is 1.66. The van der Waals surface area contributed by atoms with Crippen LogP contribution >= 0.6 is 11.6 Å². The molecule has 2 rings (SSSR count). The van der Waals surface area contributed by atoms with Crippen molar-refractivity contribution in [3.8, 4) is 0 Å². The Bertz CT molecular complexity index is 687. The number of halogens is 4. The van der Waals surface area contributed by atoms with Crippen molar-refractivity contribution in [2.45, 2.75) is 6.18 Å². The van der Waals surface area contributed by atoms with Gasteiger partial charge in [0.25, 0.3) is 0 Å². The Labute approximate surface area is 129 Å². The van der Waals surface area contributed by atoms with E-state index >= 15 is 0 Å². The zero-order valence-corrected chi connectivity index (χ0v) is 11.8. The first-order chi connectivity index (χ1) is 10.3. The summed E-state index contributed by atoms with van der Waals surface area (Å²) in [5.74, 6) is 0. The van der Waals surface area contributed by atoms with E-state index in [0.29, 0.717) is 11.4 Å². The Balaban J connectivity index is 2.03. The number of benzene rings is 2. The predicted molar refractivity (Wildman–Crippen MR) is 79.9 cm³/mol. The molecule has 116 valence electrons. The third-order valence-corrected chi connectivity index (χ3v) is 3.02. The highest BCUT2D eigenvalue weighted by atomic mass is 35.5. The van der Waals surface area contributed by atoms with Gasteiger partial charge in [0.05, 0.1) is 16.3 Å². The number of alkyl halides is 3. The number of carbonyl (C=O) groups excluding carboxylic acids is 1. The Hall–Kier alpha value is -2.41. The van der Waals surface area contributed by atoms with Crippen LogP contribution < -0.4 is 16.4 Å². The van der Waals surface area contributed by atoms with Crippen LogP contribution in [0.1, 0.15) is 5.56 Å². The maximum absolute atomic E-state index is 12.4. The summed E-state index contributed by atoms with van der Waals surface area (Å²) in [7, 11) is 0. The van der Waals surface area contributed by atoms with Crippen molar-refractivity contribution in [2.75, 3.05) is 16.4 Å². The van der Waals surface area contributed by atoms with Crippen LogP contribution in [0.3, 0.4) is 0 Å². The minimum atomic E-state index is -4.42. The molecule has 0 saturated carbocycles. The van der Waals surface area contributed by atoms with Gasteiger partial charge in [-0.3, -0.25) is 0 Å². The van der Waals surface area contributed by atoms with Crippen LogP contribution in [-0.2, 0) is 6.18 Å². The molecule has 0 saturated heterocycles. The van der Waals surface area contributed by atoms with Crippen LogP contribution in [0.15, 0.2) is 42.5 Å². The van der Waals surface area contributed by atoms with Gasteiger partial charge in [0.1, 0.15) is 0 Å². The monoisotopic (exact) mass is 329 g/mol. The molecule has 4 N–H and O–H groups in total. The van der Waals surface area contributed by atoms with Crippen LogP contribution in [-0.4, -0.2) is 6.03 Å². The lowest BCUT2D eigenvalue weighted by Gasteiger charge is -2.11. The number of urea groups is 1. The second kappa shape index (κ2) is 6.15. The van der Waals surface area contributed by atoms with Crippen molar-refractivity contribution >= 4 is 34.7 Å². The van der Waals surface area contributed by atoms with E-state index in [-0.39, 0.29) is 10.7 Å². The standard InChI is InChI=1S/C14H11ClF3N3O/c15-11-7-9(19)3-6-12(11)21-13(22)20-10-4-1-8(2-5-10)14(16,17)18/h1-7H,19H2,(H2,20,21,22). The summed E-state index contributed by atoms with van der Waals surface area (Å²) in [5, 5.41) is 5.13. The molecule has 2 aromatic carbocycles. The lowest BCUT2D eigenvalue weighted by atomic mass is 10.2.